The molecule has 0 amide bonds. The molecule has 4 nitrogen and oxygen atoms in total. The summed E-state index contributed by atoms with van der Waals surface area (Å²) in [5.41, 5.74) is 1.43. The van der Waals surface area contributed by atoms with E-state index in [-0.39, 0.29) is 4.88 Å². The monoisotopic (exact) mass is 397 g/mol. The van der Waals surface area contributed by atoms with Gasteiger partial charge in [0, 0.05) is 5.56 Å². The Morgan fingerprint density at radius 3 is 2.74 bits per heavy atom. The van der Waals surface area contributed by atoms with E-state index >= 15 is 0 Å². The number of rotatable bonds is 8. The number of benzene rings is 1. The molecule has 23 heavy (non-hydrogen) atoms. The van der Waals surface area contributed by atoms with Crippen molar-refractivity contribution < 1.29 is 14.6 Å². The number of unbranched alkanes of at least 4 members (excludes halogenated alkanes) is 3. The van der Waals surface area contributed by atoms with Gasteiger partial charge in [0.15, 0.2) is 0 Å². The van der Waals surface area contributed by atoms with Crippen molar-refractivity contribution in [2.45, 2.75) is 39.5 Å². The summed E-state index contributed by atoms with van der Waals surface area (Å²) < 4.78 is 6.64. The molecule has 1 N–H and O–H groups in total. The Morgan fingerprint density at radius 1 is 1.35 bits per heavy atom. The number of halogens is 1. The molecule has 124 valence electrons. The first kappa shape index (κ1) is 17.9. The molecule has 1 aromatic carbocycles. The maximum absolute atomic E-state index is 11.1. The van der Waals surface area contributed by atoms with E-state index in [0.717, 1.165) is 22.2 Å². The van der Waals surface area contributed by atoms with Gasteiger partial charge in [0.05, 0.1) is 16.8 Å². The number of aromatic nitrogens is 1. The molecular weight excluding hydrogens is 378 g/mol. The molecular formula is C17H20BrNO3S. The van der Waals surface area contributed by atoms with Gasteiger partial charge >= 0.3 is 5.97 Å². The number of hydrogen-bond acceptors (Lipinski definition) is 4. The summed E-state index contributed by atoms with van der Waals surface area (Å²) in [5.74, 6) is -0.130. The van der Waals surface area contributed by atoms with Crippen molar-refractivity contribution >= 4 is 33.2 Å². The SMILES string of the molecule is CCCCCCOc1ccc(-c2nc(C)c(C(=O)O)s2)cc1Br. The number of aromatic carboxylic acids is 1. The van der Waals surface area contributed by atoms with Crippen LogP contribution in [-0.4, -0.2) is 22.7 Å². The van der Waals surface area contributed by atoms with E-state index < -0.39 is 5.97 Å². The Labute approximate surface area is 148 Å². The molecule has 0 aliphatic rings. The van der Waals surface area contributed by atoms with Gasteiger partial charge in [0.25, 0.3) is 0 Å². The zero-order valence-corrected chi connectivity index (χ0v) is 15.7. The minimum absolute atomic E-state index is 0.285. The second kappa shape index (κ2) is 8.45. The van der Waals surface area contributed by atoms with Crippen molar-refractivity contribution in [3.63, 3.8) is 0 Å². The smallest absolute Gasteiger partial charge is 0.347 e. The zero-order chi connectivity index (χ0) is 16.8. The van der Waals surface area contributed by atoms with E-state index in [2.05, 4.69) is 27.8 Å². The van der Waals surface area contributed by atoms with Crippen LogP contribution in [0.15, 0.2) is 22.7 Å². The fourth-order valence-corrected chi connectivity index (χ4v) is 3.57. The molecule has 0 spiro atoms. The van der Waals surface area contributed by atoms with Crippen molar-refractivity contribution in [1.29, 1.82) is 0 Å². The number of hydrogen-bond donors (Lipinski definition) is 1. The van der Waals surface area contributed by atoms with Gasteiger partial charge in [-0.3, -0.25) is 0 Å². The molecule has 0 unspecified atom stereocenters. The summed E-state index contributed by atoms with van der Waals surface area (Å²) in [5, 5.41) is 9.83. The predicted octanol–water partition coefficient (Wildman–Crippen LogP) is 5.54. The minimum atomic E-state index is -0.933. The van der Waals surface area contributed by atoms with Crippen LogP contribution in [0.5, 0.6) is 5.75 Å². The quantitative estimate of drug-likeness (QED) is 0.594. The standard InChI is InChI=1S/C17H20BrNO3S/c1-3-4-5-6-9-22-14-8-7-12(10-13(14)18)16-19-11(2)15(23-16)17(20)21/h7-8,10H,3-6,9H2,1-2H3,(H,20,21). The van der Waals surface area contributed by atoms with E-state index in [4.69, 9.17) is 9.84 Å². The second-order valence-corrected chi connectivity index (χ2v) is 7.15. The molecule has 0 fully saturated rings. The lowest BCUT2D eigenvalue weighted by Crippen LogP contribution is -1.98. The number of carboxylic acid groups (broad SMARTS) is 1. The third kappa shape index (κ3) is 4.78. The highest BCUT2D eigenvalue weighted by Gasteiger charge is 2.15. The third-order valence-corrected chi connectivity index (χ3v) is 5.24. The Morgan fingerprint density at radius 2 is 2.13 bits per heavy atom. The van der Waals surface area contributed by atoms with Gasteiger partial charge in [-0.2, -0.15) is 0 Å². The van der Waals surface area contributed by atoms with Gasteiger partial charge in [-0.25, -0.2) is 9.78 Å². The van der Waals surface area contributed by atoms with Crippen LogP contribution in [0.3, 0.4) is 0 Å². The summed E-state index contributed by atoms with van der Waals surface area (Å²) in [6.07, 6.45) is 4.68. The molecule has 2 aromatic rings. The molecule has 0 saturated heterocycles. The highest BCUT2D eigenvalue weighted by molar-refractivity contribution is 9.10. The lowest BCUT2D eigenvalue weighted by Gasteiger charge is -2.09. The van der Waals surface area contributed by atoms with Crippen LogP contribution in [0.25, 0.3) is 10.6 Å². The number of ether oxygens (including phenoxy) is 1. The number of carboxylic acids is 1. The molecule has 0 radical (unpaired) electrons. The number of thiazole rings is 1. The topological polar surface area (TPSA) is 59.4 Å². The summed E-state index contributed by atoms with van der Waals surface area (Å²) in [6, 6.07) is 5.73. The van der Waals surface area contributed by atoms with Crippen LogP contribution in [0.2, 0.25) is 0 Å². The maximum atomic E-state index is 11.1. The number of nitrogens with zero attached hydrogens (tertiary/aromatic N) is 1. The number of carbonyl (C=O) groups is 1. The molecule has 6 heteroatoms. The van der Waals surface area contributed by atoms with Crippen molar-refractivity contribution in [2.75, 3.05) is 6.61 Å². The third-order valence-electron chi connectivity index (χ3n) is 3.43. The van der Waals surface area contributed by atoms with Crippen LogP contribution < -0.4 is 4.74 Å². The molecule has 2 rings (SSSR count). The predicted molar refractivity (Wildman–Crippen MR) is 96.6 cm³/mol. The van der Waals surface area contributed by atoms with E-state index in [1.165, 1.54) is 30.6 Å². The molecule has 0 saturated carbocycles. The number of aryl methyl sites for hydroxylation is 1. The lowest BCUT2D eigenvalue weighted by atomic mass is 10.2. The summed E-state index contributed by atoms with van der Waals surface area (Å²) in [7, 11) is 0. The largest absolute Gasteiger partial charge is 0.492 e. The fraction of sp³-hybridized carbons (Fsp3) is 0.412. The zero-order valence-electron chi connectivity index (χ0n) is 13.3. The van der Waals surface area contributed by atoms with Crippen LogP contribution in [-0.2, 0) is 0 Å². The van der Waals surface area contributed by atoms with E-state index in [0.29, 0.717) is 17.3 Å². The maximum Gasteiger partial charge on any atom is 0.347 e. The van der Waals surface area contributed by atoms with Gasteiger partial charge < -0.3 is 9.84 Å². The highest BCUT2D eigenvalue weighted by Crippen LogP contribution is 2.33. The average Bonchev–Trinajstić information content (AvgIpc) is 2.90. The molecule has 1 heterocycles. The molecule has 0 aliphatic heterocycles. The van der Waals surface area contributed by atoms with Crippen LogP contribution >= 0.6 is 27.3 Å². The van der Waals surface area contributed by atoms with Gasteiger partial charge in [0.1, 0.15) is 15.6 Å². The van der Waals surface area contributed by atoms with Crippen LogP contribution in [0, 0.1) is 6.92 Å². The Kier molecular flexibility index (Phi) is 6.59. The summed E-state index contributed by atoms with van der Waals surface area (Å²) in [6.45, 7) is 4.61. The van der Waals surface area contributed by atoms with E-state index in [1.54, 1.807) is 6.92 Å². The fourth-order valence-electron chi connectivity index (χ4n) is 2.18. The van der Waals surface area contributed by atoms with Gasteiger partial charge in [-0.05, 0) is 47.5 Å². The van der Waals surface area contributed by atoms with Gasteiger partial charge in [0.2, 0.25) is 0 Å². The van der Waals surface area contributed by atoms with Crippen molar-refractivity contribution in [1.82, 2.24) is 4.98 Å². The first-order valence-corrected chi connectivity index (χ1v) is 9.27. The first-order valence-electron chi connectivity index (χ1n) is 7.66. The Bertz CT molecular complexity index is 684. The molecule has 0 bridgehead atoms. The van der Waals surface area contributed by atoms with Crippen LogP contribution in [0.4, 0.5) is 0 Å². The minimum Gasteiger partial charge on any atom is -0.492 e. The summed E-state index contributed by atoms with van der Waals surface area (Å²) >= 11 is 4.71. The molecule has 0 atom stereocenters. The van der Waals surface area contributed by atoms with E-state index in [9.17, 15) is 4.79 Å². The van der Waals surface area contributed by atoms with Crippen molar-refractivity contribution in [3.8, 4) is 16.3 Å². The normalized spacial score (nSPS) is 10.7. The van der Waals surface area contributed by atoms with Crippen molar-refractivity contribution in [3.05, 3.63) is 33.2 Å². The Hall–Kier alpha value is -1.40. The molecule has 0 aliphatic carbocycles. The first-order chi connectivity index (χ1) is 11.0. The lowest BCUT2D eigenvalue weighted by molar-refractivity contribution is 0.0701. The van der Waals surface area contributed by atoms with Gasteiger partial charge in [-0.1, -0.05) is 26.2 Å². The second-order valence-electron chi connectivity index (χ2n) is 5.29. The van der Waals surface area contributed by atoms with Gasteiger partial charge in [-0.15, -0.1) is 11.3 Å². The van der Waals surface area contributed by atoms with Crippen molar-refractivity contribution in [2.24, 2.45) is 0 Å². The van der Waals surface area contributed by atoms with E-state index in [1.807, 2.05) is 18.2 Å². The summed E-state index contributed by atoms with van der Waals surface area (Å²) in [4.78, 5) is 15.8. The molecule has 1 aromatic heterocycles. The Balaban J connectivity index is 2.07. The van der Waals surface area contributed by atoms with Crippen LogP contribution in [0.1, 0.15) is 48.0 Å². The highest BCUT2D eigenvalue weighted by atomic mass is 79.9. The average molecular weight is 398 g/mol.